The molecule has 145 heavy (non-hydrogen) atoms. The molecule has 0 radical (unpaired) electrons. The number of fused-ring (bicyclic) bond motifs is 5. The van der Waals surface area contributed by atoms with Crippen LogP contribution in [0.4, 0.5) is 28.6 Å². The molecule has 738 valence electrons. The summed E-state index contributed by atoms with van der Waals surface area (Å²) >= 11 is 0. The molecule has 5 N–H and O–H groups in total. The molecule has 5 saturated heterocycles. The molecule has 0 atom stereocenters. The smallest absolute Gasteiger partial charge is 0.231 e. The van der Waals surface area contributed by atoms with Crippen molar-refractivity contribution in [1.82, 2.24) is 115 Å². The zero-order valence-corrected chi connectivity index (χ0v) is 83.5. The van der Waals surface area contributed by atoms with Crippen LogP contribution in [0.3, 0.4) is 0 Å². The van der Waals surface area contributed by atoms with E-state index in [0.717, 1.165) is 71.5 Å². The standard InChI is InChI=1S/2C20H21N7O2S.C19H17N7O2S.C19H18N6O2S.C18H17N7O2S/c1-19(2,3)30(28,29)26-12-20(13-26,6-7-21)27-11-14(9-25-27)17-15-5-8-23-18(15)24-10-16(17)22-4;1-14(2)11-30(28,29)26-12-20(13-26,5-6-21)27-10-15(8-25-27)18-16-4-7-23-19(16)24-9-17(18)22-3;1-21-16-9-23-18-15(4-7-22-18)17(16)13-8-24-26(10-13)19(5-6-20)11-25(12-19)29(27,28)14-2-3-14;1-3-28(26,27)24-12-19(13-24,6-7-20)25-11-14(10-17(25)21-2)15-4-8-22-18-16(15)5-9-23-18;1-3-28(26,27)25-10-18(11-25,5-6-19)24-8-14(15(9-24)20-2)16-13-4-7-21-17(13)23-12-22-16/h5,8-11H,6,12-13H2,1-3H3,(H,23,24);4,7-10,14H,5,11-13H2,1-2H3,(H,23,24);4,7-10,14H,2-3,5,11-12H2,(H,22,23);4-5,8-11H,3,6,12-13H2,1H3,(H,22,23);4,7-9,12H,3,5,10-11H2,1H3,(H,21,22,23). The van der Waals surface area contributed by atoms with Gasteiger partial charge in [-0.15, -0.1) is 0 Å². The summed E-state index contributed by atoms with van der Waals surface area (Å²) in [6.07, 6.45) is 34.4. The molecular weight excluding hydrogens is 1950 g/mol. The lowest BCUT2D eigenvalue weighted by atomic mass is 9.88. The first kappa shape index (κ1) is 101. The molecule has 5 aliphatic heterocycles. The maximum absolute atomic E-state index is 12.8. The van der Waals surface area contributed by atoms with Crippen molar-refractivity contribution in [2.75, 3.05) is 82.7 Å². The van der Waals surface area contributed by atoms with Crippen molar-refractivity contribution in [2.24, 2.45) is 5.92 Å². The number of nitrogens with zero attached hydrogens (tertiary/aromatic N) is 29. The van der Waals surface area contributed by atoms with Crippen LogP contribution < -0.4 is 0 Å². The van der Waals surface area contributed by atoms with Crippen molar-refractivity contribution in [2.45, 2.75) is 131 Å². The maximum Gasteiger partial charge on any atom is 0.231 e. The molecule has 1 aliphatic carbocycles. The zero-order valence-electron chi connectivity index (χ0n) is 79.4. The van der Waals surface area contributed by atoms with Crippen LogP contribution in [0.15, 0.2) is 160 Å². The largest absolute Gasteiger partial charge is 0.364 e. The SMILES string of the molecule is [C-]#[N+]c1cc(-c2ccnc3[nH]ccc23)cn1C1(CC#N)CN(S(=O)(=O)CC)C1.[C-]#[N+]c1cn(C2(CC#N)CN(S(=O)(=O)CC)C2)cc1-c1ncnc2[nH]ccc12.[C-]#[N+]c1cnc2[nH]ccc2c1-c1cnn(C2(CC#N)CN(S(=O)(=O)C(C)(C)C)C2)c1.[C-]#[N+]c1cnc2[nH]ccc2c1-c1cnn(C2(CC#N)CN(S(=O)(=O)C3CC3)C2)c1.[C-]#[N+]c1cnc2[nH]ccc2c1-c1cnn(C2(CC#N)CN(S(=O)(=O)CC(C)C)C2)c1. The molecule has 6 aliphatic rings. The lowest BCUT2D eigenvalue weighted by Crippen LogP contribution is -2.66. The third-order valence-corrected chi connectivity index (χ3v) is 37.5. The second-order valence-corrected chi connectivity index (χ2v) is 49.2. The van der Waals surface area contributed by atoms with Gasteiger partial charge in [0.2, 0.25) is 78.7 Å². The first-order valence-corrected chi connectivity index (χ1v) is 53.4. The second-order valence-electron chi connectivity index (χ2n) is 37.8. The highest BCUT2D eigenvalue weighted by Gasteiger charge is 2.57. The van der Waals surface area contributed by atoms with E-state index in [1.165, 1.54) is 46.4 Å². The number of pyridine rings is 4. The molecule has 0 aromatic carbocycles. The minimum absolute atomic E-state index is 0.0186. The highest BCUT2D eigenvalue weighted by atomic mass is 32.2. The summed E-state index contributed by atoms with van der Waals surface area (Å²) in [4.78, 5) is 58.8. The Morgan fingerprint density at radius 3 is 1.20 bits per heavy atom. The van der Waals surface area contributed by atoms with Crippen LogP contribution in [0.1, 0.15) is 93.4 Å². The van der Waals surface area contributed by atoms with Gasteiger partial charge in [-0.05, 0) is 101 Å². The van der Waals surface area contributed by atoms with Gasteiger partial charge in [-0.2, -0.15) is 63.1 Å². The second kappa shape index (κ2) is 38.7. The monoisotopic (exact) mass is 2040 g/mol. The molecule has 1 saturated carbocycles. The summed E-state index contributed by atoms with van der Waals surface area (Å²) in [7, 11) is -16.8. The van der Waals surface area contributed by atoms with E-state index in [2.05, 4.69) is 125 Å². The number of aromatic amines is 5. The Kier molecular flexibility index (Phi) is 26.8. The number of rotatable bonds is 25. The third kappa shape index (κ3) is 18.3. The first-order valence-electron chi connectivity index (χ1n) is 45.6. The topological polar surface area (TPSA) is 547 Å². The van der Waals surface area contributed by atoms with Crippen LogP contribution >= 0.6 is 0 Å². The van der Waals surface area contributed by atoms with E-state index in [0.29, 0.717) is 80.8 Å². The van der Waals surface area contributed by atoms with E-state index in [1.807, 2.05) is 62.6 Å². The fourth-order valence-electron chi connectivity index (χ4n) is 19.0. The molecule has 0 spiro atoms. The summed E-state index contributed by atoms with van der Waals surface area (Å²) in [5, 5.41) is 64.1. The van der Waals surface area contributed by atoms with Gasteiger partial charge in [0.05, 0.1) is 165 Å². The molecular formula is C96H94N34O10S5. The van der Waals surface area contributed by atoms with E-state index < -0.39 is 82.6 Å². The molecule has 49 heteroatoms. The third-order valence-electron chi connectivity index (χ3n) is 27.0. The number of aromatic nitrogens is 19. The van der Waals surface area contributed by atoms with Gasteiger partial charge in [0.1, 0.15) is 56.7 Å². The van der Waals surface area contributed by atoms with Gasteiger partial charge < -0.3 is 34.3 Å². The van der Waals surface area contributed by atoms with Crippen LogP contribution in [0, 0.1) is 95.4 Å². The van der Waals surface area contributed by atoms with Crippen LogP contribution in [0.2, 0.25) is 0 Å². The molecule has 15 aromatic rings. The Balaban J connectivity index is 0.000000124. The fourth-order valence-corrected chi connectivity index (χ4v) is 27.0. The molecule has 44 nitrogen and oxygen atoms in total. The highest BCUT2D eigenvalue weighted by molar-refractivity contribution is 7.91. The summed E-state index contributed by atoms with van der Waals surface area (Å²) in [6.45, 7) is 51.6. The van der Waals surface area contributed by atoms with E-state index in [1.54, 1.807) is 144 Å². The predicted molar refractivity (Wildman–Crippen MR) is 537 cm³/mol. The number of H-pyrrole nitrogens is 5. The zero-order chi connectivity index (χ0) is 103. The van der Waals surface area contributed by atoms with E-state index in [4.69, 9.17) is 32.9 Å². The Morgan fingerprint density at radius 2 is 0.793 bits per heavy atom. The van der Waals surface area contributed by atoms with Crippen LogP contribution in [0.5, 0.6) is 0 Å². The minimum atomic E-state index is -3.48. The number of hydrogen-bond donors (Lipinski definition) is 5. The average molecular weight is 2040 g/mol. The Labute approximate surface area is 834 Å². The molecule has 6 fully saturated rings. The van der Waals surface area contributed by atoms with E-state index in [9.17, 15) is 68.4 Å². The summed E-state index contributed by atoms with van der Waals surface area (Å²) in [5.41, 5.74) is 8.94. The van der Waals surface area contributed by atoms with Crippen molar-refractivity contribution in [3.05, 3.63) is 217 Å². The number of sulfonamides is 5. The van der Waals surface area contributed by atoms with Gasteiger partial charge in [-0.3, -0.25) is 33.6 Å². The predicted octanol–water partition coefficient (Wildman–Crippen LogP) is 13.4. The lowest BCUT2D eigenvalue weighted by Gasteiger charge is -2.49. The fraction of sp³-hybridized carbons (Fsp3) is 0.365. The molecule has 0 bridgehead atoms. The summed E-state index contributed by atoms with van der Waals surface area (Å²) in [5.74, 6) is 0.535. The van der Waals surface area contributed by atoms with Crippen molar-refractivity contribution >= 4 is 134 Å². The summed E-state index contributed by atoms with van der Waals surface area (Å²) < 4.78 is 139. The van der Waals surface area contributed by atoms with Crippen molar-refractivity contribution in [1.29, 1.82) is 26.3 Å². The Bertz CT molecular complexity index is 8700. The van der Waals surface area contributed by atoms with Gasteiger partial charge in [-0.1, -0.05) is 20.4 Å². The van der Waals surface area contributed by atoms with Crippen molar-refractivity contribution < 1.29 is 42.1 Å². The Hall–Kier alpha value is -16.0. The van der Waals surface area contributed by atoms with Gasteiger partial charge >= 0.3 is 0 Å². The van der Waals surface area contributed by atoms with Gasteiger partial charge in [0.15, 0.2) is 0 Å². The van der Waals surface area contributed by atoms with Crippen molar-refractivity contribution in [3.63, 3.8) is 0 Å². The quantitative estimate of drug-likeness (QED) is 0.0332. The lowest BCUT2D eigenvalue weighted by molar-refractivity contribution is 0.0699. The molecule has 0 amide bonds. The Morgan fingerprint density at radius 1 is 0.414 bits per heavy atom. The normalized spacial score (nSPS) is 16.9. The highest BCUT2D eigenvalue weighted by Crippen LogP contribution is 2.49. The number of hydrogen-bond acceptors (Lipinski definition) is 24. The first-order chi connectivity index (χ1) is 69.3. The maximum atomic E-state index is 12.8. The van der Waals surface area contributed by atoms with Gasteiger partial charge in [0.25, 0.3) is 0 Å². The van der Waals surface area contributed by atoms with Crippen LogP contribution in [-0.2, 0) is 77.8 Å². The number of nitrogens with one attached hydrogen (secondary N) is 5. The average Bonchev–Trinajstić information content (AvgIpc) is 1.63. The molecule has 21 rings (SSSR count). The number of nitriles is 5. The molecule has 15 aromatic heterocycles. The van der Waals surface area contributed by atoms with Gasteiger partial charge in [-0.25, -0.2) is 76.4 Å². The summed E-state index contributed by atoms with van der Waals surface area (Å²) in [6, 6.07) is 23.9. The van der Waals surface area contributed by atoms with Crippen molar-refractivity contribution in [3.8, 4) is 86.1 Å². The van der Waals surface area contributed by atoms with E-state index in [-0.39, 0.29) is 126 Å². The van der Waals surface area contributed by atoms with Crippen LogP contribution in [0.25, 0.3) is 135 Å². The minimum Gasteiger partial charge on any atom is -0.364 e. The molecule has 0 unspecified atom stereocenters. The van der Waals surface area contributed by atoms with E-state index >= 15 is 0 Å². The molecule has 20 heterocycles. The van der Waals surface area contributed by atoms with Crippen LogP contribution in [-0.4, -0.2) is 250 Å². The van der Waals surface area contributed by atoms with Gasteiger partial charge in [0, 0.05) is 211 Å².